The molecule has 2 nitrogen and oxygen atoms in total. The zero-order chi connectivity index (χ0) is 15.2. The molecule has 0 radical (unpaired) electrons. The van der Waals surface area contributed by atoms with Crippen LogP contribution >= 0.6 is 0 Å². The van der Waals surface area contributed by atoms with Gasteiger partial charge in [-0.2, -0.15) is 13.2 Å². The van der Waals surface area contributed by atoms with E-state index in [1.807, 2.05) is 38.1 Å². The minimum Gasteiger partial charge on any atom is -0.309 e. The molecular formula is C15H23F3N2. The second-order valence-electron chi connectivity index (χ2n) is 5.09. The average Bonchev–Trinajstić information content (AvgIpc) is 2.36. The molecule has 0 aliphatic rings. The van der Waals surface area contributed by atoms with Crippen molar-refractivity contribution < 1.29 is 13.2 Å². The van der Waals surface area contributed by atoms with Gasteiger partial charge in [0.2, 0.25) is 0 Å². The zero-order valence-electron chi connectivity index (χ0n) is 12.3. The van der Waals surface area contributed by atoms with Crippen LogP contribution in [0.2, 0.25) is 0 Å². The van der Waals surface area contributed by atoms with Crippen LogP contribution in [0.1, 0.15) is 30.5 Å². The zero-order valence-corrected chi connectivity index (χ0v) is 12.3. The number of halogens is 3. The first-order valence-electron chi connectivity index (χ1n) is 6.87. The highest BCUT2D eigenvalue weighted by Gasteiger charge is 2.27. The van der Waals surface area contributed by atoms with E-state index in [2.05, 4.69) is 5.32 Å². The van der Waals surface area contributed by atoms with E-state index in [1.54, 1.807) is 11.9 Å². The van der Waals surface area contributed by atoms with Crippen molar-refractivity contribution >= 4 is 0 Å². The number of hydrogen-bond acceptors (Lipinski definition) is 2. The van der Waals surface area contributed by atoms with Crippen molar-refractivity contribution in [1.29, 1.82) is 0 Å². The Balaban J connectivity index is 2.66. The number of aryl methyl sites for hydroxylation is 1. The third-order valence-electron chi connectivity index (χ3n) is 3.29. The Labute approximate surface area is 119 Å². The summed E-state index contributed by atoms with van der Waals surface area (Å²) in [6.45, 7) is 5.40. The Kier molecular flexibility index (Phi) is 6.49. The molecule has 20 heavy (non-hydrogen) atoms. The van der Waals surface area contributed by atoms with Crippen LogP contribution in [0.3, 0.4) is 0 Å². The van der Waals surface area contributed by atoms with Crippen molar-refractivity contribution in [3.8, 4) is 0 Å². The van der Waals surface area contributed by atoms with E-state index in [0.29, 0.717) is 6.54 Å². The van der Waals surface area contributed by atoms with E-state index in [0.717, 1.165) is 17.7 Å². The Bertz CT molecular complexity index is 404. The summed E-state index contributed by atoms with van der Waals surface area (Å²) in [5.74, 6) is 0. The third kappa shape index (κ3) is 5.92. The van der Waals surface area contributed by atoms with E-state index in [1.165, 1.54) is 0 Å². The fourth-order valence-corrected chi connectivity index (χ4v) is 2.22. The van der Waals surface area contributed by atoms with Crippen LogP contribution in [-0.2, 0) is 0 Å². The van der Waals surface area contributed by atoms with Crippen molar-refractivity contribution in [3.63, 3.8) is 0 Å². The minimum atomic E-state index is -4.09. The normalized spacial score (nSPS) is 13.8. The lowest BCUT2D eigenvalue weighted by Gasteiger charge is -2.26. The Morgan fingerprint density at radius 2 is 1.90 bits per heavy atom. The number of nitrogens with zero attached hydrogens (tertiary/aromatic N) is 1. The molecule has 0 saturated carbocycles. The van der Waals surface area contributed by atoms with Crippen LogP contribution in [0.25, 0.3) is 0 Å². The highest BCUT2D eigenvalue weighted by Crippen LogP contribution is 2.21. The molecule has 0 amide bonds. The van der Waals surface area contributed by atoms with Crippen molar-refractivity contribution in [3.05, 3.63) is 35.4 Å². The van der Waals surface area contributed by atoms with Crippen molar-refractivity contribution in [2.45, 2.75) is 32.5 Å². The fourth-order valence-electron chi connectivity index (χ4n) is 2.22. The third-order valence-corrected chi connectivity index (χ3v) is 3.29. The molecule has 0 spiro atoms. The number of rotatable bonds is 7. The van der Waals surface area contributed by atoms with Gasteiger partial charge < -0.3 is 10.2 Å². The van der Waals surface area contributed by atoms with Gasteiger partial charge in [-0.1, -0.05) is 31.2 Å². The summed E-state index contributed by atoms with van der Waals surface area (Å²) in [6, 6.07) is 8.03. The lowest BCUT2D eigenvalue weighted by Crippen LogP contribution is -2.35. The number of likely N-dealkylation sites (N-methyl/N-ethyl adjacent to an activating group) is 2. The van der Waals surface area contributed by atoms with Crippen LogP contribution in [0, 0.1) is 6.92 Å². The smallest absolute Gasteiger partial charge is 0.309 e. The van der Waals surface area contributed by atoms with E-state index < -0.39 is 12.6 Å². The van der Waals surface area contributed by atoms with E-state index in [-0.39, 0.29) is 12.6 Å². The summed E-state index contributed by atoms with van der Waals surface area (Å²) in [5.41, 5.74) is 2.30. The van der Waals surface area contributed by atoms with Gasteiger partial charge in [0, 0.05) is 19.1 Å². The van der Waals surface area contributed by atoms with Gasteiger partial charge in [0.05, 0.1) is 6.42 Å². The van der Waals surface area contributed by atoms with Gasteiger partial charge in [0.25, 0.3) is 0 Å². The summed E-state index contributed by atoms with van der Waals surface area (Å²) in [4.78, 5) is 1.73. The SMILES string of the molecule is CCNC(CN(C)CCC(F)(F)F)c1ccccc1C. The monoisotopic (exact) mass is 288 g/mol. The standard InChI is InChI=1S/C15H23F3N2/c1-4-19-14(13-8-6-5-7-12(13)2)11-20(3)10-9-15(16,17)18/h5-8,14,19H,4,9-11H2,1-3H3. The molecule has 1 atom stereocenters. The predicted octanol–water partition coefficient (Wildman–Crippen LogP) is 3.53. The first-order chi connectivity index (χ1) is 9.33. The number of nitrogens with one attached hydrogen (secondary N) is 1. The lowest BCUT2D eigenvalue weighted by molar-refractivity contribution is -0.137. The summed E-state index contributed by atoms with van der Waals surface area (Å²) in [5, 5.41) is 3.34. The molecule has 1 aromatic carbocycles. The van der Waals surface area contributed by atoms with Gasteiger partial charge in [0.1, 0.15) is 0 Å². The molecule has 1 N–H and O–H groups in total. The highest BCUT2D eigenvalue weighted by molar-refractivity contribution is 5.29. The molecule has 0 aliphatic carbocycles. The maximum Gasteiger partial charge on any atom is 0.390 e. The second kappa shape index (κ2) is 7.64. The van der Waals surface area contributed by atoms with Gasteiger partial charge in [-0.05, 0) is 31.6 Å². The molecule has 0 aliphatic heterocycles. The van der Waals surface area contributed by atoms with Crippen molar-refractivity contribution in [1.82, 2.24) is 10.2 Å². The van der Waals surface area contributed by atoms with Gasteiger partial charge >= 0.3 is 6.18 Å². The van der Waals surface area contributed by atoms with E-state index in [9.17, 15) is 13.2 Å². The van der Waals surface area contributed by atoms with Gasteiger partial charge in [0.15, 0.2) is 0 Å². The number of alkyl halides is 3. The van der Waals surface area contributed by atoms with Gasteiger partial charge in [-0.3, -0.25) is 0 Å². The molecule has 1 rings (SSSR count). The summed E-state index contributed by atoms with van der Waals surface area (Å²) < 4.78 is 36.7. The maximum absolute atomic E-state index is 12.2. The largest absolute Gasteiger partial charge is 0.390 e. The van der Waals surface area contributed by atoms with Crippen LogP contribution in [-0.4, -0.2) is 37.8 Å². The number of hydrogen-bond donors (Lipinski definition) is 1. The molecule has 1 aromatic rings. The van der Waals surface area contributed by atoms with Crippen LogP contribution in [0.5, 0.6) is 0 Å². The van der Waals surface area contributed by atoms with E-state index in [4.69, 9.17) is 0 Å². The highest BCUT2D eigenvalue weighted by atomic mass is 19.4. The van der Waals surface area contributed by atoms with Crippen LogP contribution < -0.4 is 5.32 Å². The van der Waals surface area contributed by atoms with Crippen LogP contribution in [0.15, 0.2) is 24.3 Å². The first-order valence-corrected chi connectivity index (χ1v) is 6.87. The Hall–Kier alpha value is -1.07. The molecule has 5 heteroatoms. The fraction of sp³-hybridized carbons (Fsp3) is 0.600. The summed E-state index contributed by atoms with van der Waals surface area (Å²) >= 11 is 0. The predicted molar refractivity (Wildman–Crippen MR) is 75.8 cm³/mol. The first kappa shape index (κ1) is 17.0. The summed E-state index contributed by atoms with van der Waals surface area (Å²) in [7, 11) is 1.73. The second-order valence-corrected chi connectivity index (χ2v) is 5.09. The molecule has 0 saturated heterocycles. The average molecular weight is 288 g/mol. The molecule has 114 valence electrons. The molecule has 0 bridgehead atoms. The molecule has 0 heterocycles. The summed E-state index contributed by atoms with van der Waals surface area (Å²) in [6.07, 6.45) is -4.86. The maximum atomic E-state index is 12.2. The van der Waals surface area contributed by atoms with Crippen molar-refractivity contribution in [2.75, 3.05) is 26.7 Å². The quantitative estimate of drug-likeness (QED) is 0.825. The molecule has 0 aromatic heterocycles. The molecule has 0 fully saturated rings. The molecule has 1 unspecified atom stereocenters. The topological polar surface area (TPSA) is 15.3 Å². The van der Waals surface area contributed by atoms with Gasteiger partial charge in [-0.25, -0.2) is 0 Å². The molecular weight excluding hydrogens is 265 g/mol. The lowest BCUT2D eigenvalue weighted by atomic mass is 10.0. The van der Waals surface area contributed by atoms with E-state index >= 15 is 0 Å². The van der Waals surface area contributed by atoms with Gasteiger partial charge in [-0.15, -0.1) is 0 Å². The minimum absolute atomic E-state index is 0.0251. The van der Waals surface area contributed by atoms with Crippen LogP contribution in [0.4, 0.5) is 13.2 Å². The number of benzene rings is 1. The Morgan fingerprint density at radius 3 is 2.45 bits per heavy atom. The van der Waals surface area contributed by atoms with Crippen molar-refractivity contribution in [2.24, 2.45) is 0 Å². The Morgan fingerprint density at radius 1 is 1.25 bits per heavy atom.